The quantitative estimate of drug-likeness (QED) is 0.633. The Morgan fingerprint density at radius 2 is 1.89 bits per heavy atom. The average molecular weight is 414 g/mol. The Labute approximate surface area is 174 Å². The van der Waals surface area contributed by atoms with Crippen molar-refractivity contribution < 1.29 is 4.79 Å². The van der Waals surface area contributed by atoms with Crippen LogP contribution in [0.1, 0.15) is 22.2 Å². The van der Waals surface area contributed by atoms with Gasteiger partial charge in [-0.3, -0.25) is 4.79 Å². The van der Waals surface area contributed by atoms with E-state index in [1.807, 2.05) is 37.3 Å². The standard InChI is InChI=1S/C22H24ClN3OS/c1-3-25-10-12-26(13-11-25)16-8-9-18(15(2)14-16)24-22(27)21-20(23)17-6-4-5-7-19(17)28-21/h4-9,14H,3,10-13H2,1-2H3,(H,24,27). The third kappa shape index (κ3) is 3.75. The fourth-order valence-electron chi connectivity index (χ4n) is 3.65. The molecular weight excluding hydrogens is 390 g/mol. The Kier molecular flexibility index (Phi) is 5.58. The van der Waals surface area contributed by atoms with Crippen molar-refractivity contribution in [1.29, 1.82) is 0 Å². The lowest BCUT2D eigenvalue weighted by Crippen LogP contribution is -2.46. The summed E-state index contributed by atoms with van der Waals surface area (Å²) in [5, 5.41) is 4.49. The molecule has 2 heterocycles. The minimum Gasteiger partial charge on any atom is -0.369 e. The summed E-state index contributed by atoms with van der Waals surface area (Å²) < 4.78 is 1.02. The number of fused-ring (bicyclic) bond motifs is 1. The summed E-state index contributed by atoms with van der Waals surface area (Å²) in [6.45, 7) is 9.62. The summed E-state index contributed by atoms with van der Waals surface area (Å²) in [5.74, 6) is -0.154. The third-order valence-corrected chi connectivity index (χ3v) is 7.06. The van der Waals surface area contributed by atoms with Crippen LogP contribution >= 0.6 is 22.9 Å². The highest BCUT2D eigenvalue weighted by molar-refractivity contribution is 7.21. The van der Waals surface area contributed by atoms with E-state index in [1.165, 1.54) is 17.0 Å². The minimum atomic E-state index is -0.154. The number of halogens is 1. The summed E-state index contributed by atoms with van der Waals surface area (Å²) in [5.41, 5.74) is 3.10. The number of hydrogen-bond donors (Lipinski definition) is 1. The van der Waals surface area contributed by atoms with Crippen molar-refractivity contribution in [2.24, 2.45) is 0 Å². The molecule has 1 aromatic heterocycles. The van der Waals surface area contributed by atoms with E-state index in [0.717, 1.165) is 54.1 Å². The van der Waals surface area contributed by atoms with Gasteiger partial charge in [-0.1, -0.05) is 36.7 Å². The van der Waals surface area contributed by atoms with Gasteiger partial charge in [0.15, 0.2) is 0 Å². The van der Waals surface area contributed by atoms with Crippen molar-refractivity contribution in [2.75, 3.05) is 42.9 Å². The first-order valence-electron chi connectivity index (χ1n) is 9.63. The highest BCUT2D eigenvalue weighted by Gasteiger charge is 2.19. The first-order valence-corrected chi connectivity index (χ1v) is 10.8. The molecule has 0 unspecified atom stereocenters. The number of hydrogen-bond acceptors (Lipinski definition) is 4. The number of nitrogens with one attached hydrogen (secondary N) is 1. The molecule has 0 radical (unpaired) electrons. The van der Waals surface area contributed by atoms with Crippen molar-refractivity contribution in [3.05, 3.63) is 57.9 Å². The fraction of sp³-hybridized carbons (Fsp3) is 0.318. The number of amides is 1. The SMILES string of the molecule is CCN1CCN(c2ccc(NC(=O)c3sc4ccccc4c3Cl)c(C)c2)CC1. The lowest BCUT2D eigenvalue weighted by atomic mass is 10.1. The monoisotopic (exact) mass is 413 g/mol. The van der Waals surface area contributed by atoms with E-state index in [9.17, 15) is 4.79 Å². The lowest BCUT2D eigenvalue weighted by Gasteiger charge is -2.35. The molecule has 0 spiro atoms. The number of anilines is 2. The summed E-state index contributed by atoms with van der Waals surface area (Å²) in [6.07, 6.45) is 0. The molecule has 0 bridgehead atoms. The van der Waals surface area contributed by atoms with Crippen LogP contribution in [0.25, 0.3) is 10.1 Å². The van der Waals surface area contributed by atoms with E-state index >= 15 is 0 Å². The first kappa shape index (κ1) is 19.2. The molecule has 1 N–H and O–H groups in total. The predicted octanol–water partition coefficient (Wildman–Crippen LogP) is 5.26. The van der Waals surface area contributed by atoms with Crippen LogP contribution in [-0.4, -0.2) is 43.5 Å². The van der Waals surface area contributed by atoms with Crippen molar-refractivity contribution in [2.45, 2.75) is 13.8 Å². The maximum Gasteiger partial charge on any atom is 0.267 e. The molecule has 1 saturated heterocycles. The third-order valence-electron chi connectivity index (χ3n) is 5.38. The second-order valence-corrected chi connectivity index (χ2v) is 8.55. The number of rotatable bonds is 4. The lowest BCUT2D eigenvalue weighted by molar-refractivity contribution is 0.103. The summed E-state index contributed by atoms with van der Waals surface area (Å²) >= 11 is 7.88. The molecule has 2 aromatic carbocycles. The van der Waals surface area contributed by atoms with Gasteiger partial charge in [0.25, 0.3) is 5.91 Å². The molecule has 146 valence electrons. The van der Waals surface area contributed by atoms with Gasteiger partial charge >= 0.3 is 0 Å². The van der Waals surface area contributed by atoms with Gasteiger partial charge in [-0.2, -0.15) is 0 Å². The van der Waals surface area contributed by atoms with E-state index in [4.69, 9.17) is 11.6 Å². The molecule has 0 saturated carbocycles. The molecule has 3 aromatic rings. The van der Waals surface area contributed by atoms with Crippen molar-refractivity contribution >= 4 is 50.3 Å². The van der Waals surface area contributed by atoms with Gasteiger partial charge in [-0.25, -0.2) is 0 Å². The number of carbonyl (C=O) groups excluding carboxylic acids is 1. The van der Waals surface area contributed by atoms with Gasteiger partial charge in [-0.05, 0) is 43.3 Å². The number of nitrogens with zero attached hydrogens (tertiary/aromatic N) is 2. The second-order valence-electron chi connectivity index (χ2n) is 7.12. The molecule has 6 heteroatoms. The number of thiophene rings is 1. The van der Waals surface area contributed by atoms with E-state index in [2.05, 4.69) is 34.2 Å². The normalized spacial score (nSPS) is 15.2. The maximum absolute atomic E-state index is 12.8. The Bertz CT molecular complexity index is 1010. The largest absolute Gasteiger partial charge is 0.369 e. The molecule has 0 aliphatic carbocycles. The van der Waals surface area contributed by atoms with Gasteiger partial charge in [-0.15, -0.1) is 11.3 Å². The Hall–Kier alpha value is -2.08. The molecule has 1 fully saturated rings. The molecule has 1 amide bonds. The zero-order chi connectivity index (χ0) is 19.7. The zero-order valence-corrected chi connectivity index (χ0v) is 17.7. The highest BCUT2D eigenvalue weighted by Crippen LogP contribution is 2.36. The van der Waals surface area contributed by atoms with Gasteiger partial charge < -0.3 is 15.1 Å². The molecule has 28 heavy (non-hydrogen) atoms. The fourth-order valence-corrected chi connectivity index (χ4v) is 5.06. The first-order chi connectivity index (χ1) is 13.6. The van der Waals surface area contributed by atoms with Crippen LogP contribution in [0.5, 0.6) is 0 Å². The topological polar surface area (TPSA) is 35.6 Å². The molecule has 1 aliphatic heterocycles. The zero-order valence-electron chi connectivity index (χ0n) is 16.2. The van der Waals surface area contributed by atoms with Crippen LogP contribution in [0.3, 0.4) is 0 Å². The predicted molar refractivity (Wildman–Crippen MR) is 120 cm³/mol. The molecule has 4 rings (SSSR count). The maximum atomic E-state index is 12.8. The molecular formula is C22H24ClN3OS. The van der Waals surface area contributed by atoms with Gasteiger partial charge in [0.1, 0.15) is 4.88 Å². The second kappa shape index (κ2) is 8.11. The van der Waals surface area contributed by atoms with Gasteiger partial charge in [0.05, 0.1) is 5.02 Å². The molecule has 0 atom stereocenters. The smallest absolute Gasteiger partial charge is 0.267 e. The summed E-state index contributed by atoms with van der Waals surface area (Å²) in [7, 11) is 0. The average Bonchev–Trinajstić information content (AvgIpc) is 3.06. The van der Waals surface area contributed by atoms with Crippen LogP contribution in [0.4, 0.5) is 11.4 Å². The van der Waals surface area contributed by atoms with E-state index < -0.39 is 0 Å². The number of piperazine rings is 1. The highest BCUT2D eigenvalue weighted by atomic mass is 35.5. The number of carbonyl (C=O) groups is 1. The molecule has 1 aliphatic rings. The van der Waals surface area contributed by atoms with Crippen LogP contribution < -0.4 is 10.2 Å². The van der Waals surface area contributed by atoms with Crippen LogP contribution in [0.15, 0.2) is 42.5 Å². The summed E-state index contributed by atoms with van der Waals surface area (Å²) in [6, 6.07) is 14.1. The van der Waals surface area contributed by atoms with E-state index in [1.54, 1.807) is 0 Å². The molecule has 4 nitrogen and oxygen atoms in total. The van der Waals surface area contributed by atoms with E-state index in [-0.39, 0.29) is 5.91 Å². The van der Waals surface area contributed by atoms with Crippen molar-refractivity contribution in [1.82, 2.24) is 4.90 Å². The number of likely N-dealkylation sites (N-methyl/N-ethyl adjacent to an activating group) is 1. The Morgan fingerprint density at radius 1 is 1.14 bits per heavy atom. The minimum absolute atomic E-state index is 0.154. The summed E-state index contributed by atoms with van der Waals surface area (Å²) in [4.78, 5) is 18.2. The van der Waals surface area contributed by atoms with Gasteiger partial charge in [0, 0.05) is 47.6 Å². The van der Waals surface area contributed by atoms with Crippen molar-refractivity contribution in [3.63, 3.8) is 0 Å². The van der Waals surface area contributed by atoms with Crippen LogP contribution in [-0.2, 0) is 0 Å². The Morgan fingerprint density at radius 3 is 2.57 bits per heavy atom. The van der Waals surface area contributed by atoms with Crippen LogP contribution in [0, 0.1) is 6.92 Å². The van der Waals surface area contributed by atoms with E-state index in [0.29, 0.717) is 9.90 Å². The van der Waals surface area contributed by atoms with Crippen molar-refractivity contribution in [3.8, 4) is 0 Å². The number of aryl methyl sites for hydroxylation is 1. The number of benzene rings is 2. The Balaban J connectivity index is 1.50. The van der Waals surface area contributed by atoms with Gasteiger partial charge in [0.2, 0.25) is 0 Å². The van der Waals surface area contributed by atoms with Crippen LogP contribution in [0.2, 0.25) is 5.02 Å².